The molecule has 0 saturated heterocycles. The number of hydrogen-bond donors (Lipinski definition) is 1. The van der Waals surface area contributed by atoms with Gasteiger partial charge in [0.15, 0.2) is 11.5 Å². The maximum Gasteiger partial charge on any atom is 0.274 e. The van der Waals surface area contributed by atoms with Crippen molar-refractivity contribution in [2.24, 2.45) is 0 Å². The van der Waals surface area contributed by atoms with Crippen LogP contribution in [0.15, 0.2) is 65.7 Å². The fraction of sp³-hybridized carbons (Fsp3) is 0.167. The molecule has 2 aromatic carbocycles. The Balaban J connectivity index is 1.64. The van der Waals surface area contributed by atoms with E-state index in [9.17, 15) is 9.59 Å². The number of thiophene rings is 1. The van der Waals surface area contributed by atoms with Gasteiger partial charge in [-0.3, -0.25) is 9.59 Å². The van der Waals surface area contributed by atoms with Gasteiger partial charge < -0.3 is 19.7 Å². The van der Waals surface area contributed by atoms with Crippen LogP contribution in [0.5, 0.6) is 11.5 Å². The highest BCUT2D eigenvalue weighted by atomic mass is 32.1. The molecule has 7 heteroatoms. The first kappa shape index (κ1) is 20.7. The molecule has 0 saturated carbocycles. The van der Waals surface area contributed by atoms with Gasteiger partial charge in [0.2, 0.25) is 0 Å². The summed E-state index contributed by atoms with van der Waals surface area (Å²) in [6.07, 6.45) is 2.50. The Labute approximate surface area is 184 Å². The van der Waals surface area contributed by atoms with Gasteiger partial charge in [0.1, 0.15) is 5.70 Å². The first-order valence-corrected chi connectivity index (χ1v) is 10.7. The van der Waals surface area contributed by atoms with Gasteiger partial charge in [-0.15, -0.1) is 11.3 Å². The normalized spacial score (nSPS) is 13.0. The van der Waals surface area contributed by atoms with Crippen LogP contribution in [0.1, 0.15) is 20.8 Å². The van der Waals surface area contributed by atoms with Crippen molar-refractivity contribution in [3.63, 3.8) is 0 Å². The monoisotopic (exact) mass is 434 g/mol. The molecule has 0 spiro atoms. The van der Waals surface area contributed by atoms with Crippen LogP contribution < -0.4 is 19.7 Å². The zero-order chi connectivity index (χ0) is 21.8. The largest absolute Gasteiger partial charge is 0.493 e. The predicted octanol–water partition coefficient (Wildman–Crippen LogP) is 4.13. The van der Waals surface area contributed by atoms with Crippen molar-refractivity contribution in [3.8, 4) is 11.5 Å². The molecule has 4 rings (SSSR count). The van der Waals surface area contributed by atoms with Gasteiger partial charge in [0.05, 0.1) is 14.2 Å². The average Bonchev–Trinajstić information content (AvgIpc) is 3.47. The summed E-state index contributed by atoms with van der Waals surface area (Å²) in [6.45, 7) is 0.576. The lowest BCUT2D eigenvalue weighted by atomic mass is 10.1. The number of para-hydroxylation sites is 1. The molecule has 1 N–H and O–H groups in total. The Morgan fingerprint density at radius 3 is 2.58 bits per heavy atom. The Morgan fingerprint density at radius 2 is 1.84 bits per heavy atom. The minimum atomic E-state index is -0.399. The Bertz CT molecular complexity index is 1140. The number of amides is 2. The lowest BCUT2D eigenvalue weighted by Crippen LogP contribution is -2.37. The van der Waals surface area contributed by atoms with Gasteiger partial charge in [-0.1, -0.05) is 24.3 Å². The summed E-state index contributed by atoms with van der Waals surface area (Å²) in [4.78, 5) is 29.0. The summed E-state index contributed by atoms with van der Waals surface area (Å²) in [5.74, 6) is 0.327. The minimum absolute atomic E-state index is 0.221. The summed E-state index contributed by atoms with van der Waals surface area (Å²) in [7, 11) is 3.04. The van der Waals surface area contributed by atoms with Crippen molar-refractivity contribution in [1.29, 1.82) is 0 Å². The molecule has 1 aliphatic rings. The van der Waals surface area contributed by atoms with E-state index in [0.717, 1.165) is 22.5 Å². The van der Waals surface area contributed by atoms with E-state index >= 15 is 0 Å². The second-order valence-electron chi connectivity index (χ2n) is 6.93. The number of rotatable bonds is 6. The van der Waals surface area contributed by atoms with Gasteiger partial charge in [-0.25, -0.2) is 0 Å². The standard InChI is InChI=1S/C24H22N2O4S/c1-29-21-10-9-17(14-22(21)30-2)23(27)25-19(15-18-7-5-13-31-18)24(28)26-12-11-16-6-3-4-8-20(16)26/h3-10,13-15H,11-12H2,1-2H3,(H,25,27). The number of fused-ring (bicyclic) bond motifs is 1. The Morgan fingerprint density at radius 1 is 1.03 bits per heavy atom. The fourth-order valence-corrected chi connectivity index (χ4v) is 4.19. The van der Waals surface area contributed by atoms with Crippen LogP contribution >= 0.6 is 11.3 Å². The van der Waals surface area contributed by atoms with E-state index in [1.807, 2.05) is 41.8 Å². The highest BCUT2D eigenvalue weighted by Gasteiger charge is 2.28. The van der Waals surface area contributed by atoms with E-state index in [4.69, 9.17) is 9.47 Å². The number of benzene rings is 2. The smallest absolute Gasteiger partial charge is 0.274 e. The molecule has 1 aromatic heterocycles. The molecule has 0 fully saturated rings. The highest BCUT2D eigenvalue weighted by Crippen LogP contribution is 2.30. The second kappa shape index (κ2) is 9.06. The lowest BCUT2D eigenvalue weighted by Gasteiger charge is -2.20. The maximum atomic E-state index is 13.4. The van der Waals surface area contributed by atoms with Gasteiger partial charge in [0.25, 0.3) is 11.8 Å². The molecule has 0 radical (unpaired) electrons. The number of nitrogens with zero attached hydrogens (tertiary/aromatic N) is 1. The zero-order valence-electron chi connectivity index (χ0n) is 17.3. The van der Waals surface area contributed by atoms with Gasteiger partial charge >= 0.3 is 0 Å². The van der Waals surface area contributed by atoms with E-state index in [2.05, 4.69) is 5.32 Å². The molecule has 3 aromatic rings. The summed E-state index contributed by atoms with van der Waals surface area (Å²) in [6, 6.07) is 16.5. The van der Waals surface area contributed by atoms with Crippen LogP contribution in [-0.2, 0) is 11.2 Å². The number of ether oxygens (including phenoxy) is 2. The minimum Gasteiger partial charge on any atom is -0.493 e. The summed E-state index contributed by atoms with van der Waals surface area (Å²) in [5.41, 5.74) is 2.59. The average molecular weight is 435 g/mol. The molecule has 158 valence electrons. The number of anilines is 1. The third kappa shape index (κ3) is 4.32. The Kier molecular flexibility index (Phi) is 6.04. The molecule has 0 unspecified atom stereocenters. The summed E-state index contributed by atoms with van der Waals surface area (Å²) >= 11 is 1.50. The summed E-state index contributed by atoms with van der Waals surface area (Å²) < 4.78 is 10.5. The van der Waals surface area contributed by atoms with Crippen molar-refractivity contribution < 1.29 is 19.1 Å². The van der Waals surface area contributed by atoms with Crippen LogP contribution in [-0.4, -0.2) is 32.6 Å². The van der Waals surface area contributed by atoms with Crippen molar-refractivity contribution in [3.05, 3.63) is 81.7 Å². The highest BCUT2D eigenvalue weighted by molar-refractivity contribution is 7.10. The van der Waals surface area contributed by atoms with Crippen LogP contribution in [0.3, 0.4) is 0 Å². The van der Waals surface area contributed by atoms with E-state index in [0.29, 0.717) is 23.6 Å². The topological polar surface area (TPSA) is 67.9 Å². The number of carbonyl (C=O) groups excluding carboxylic acids is 2. The SMILES string of the molecule is COc1ccc(C(=O)NC(=Cc2cccs2)C(=O)N2CCc3ccccc32)cc1OC. The molecular formula is C24H22N2O4S. The van der Waals surface area contributed by atoms with Crippen molar-refractivity contribution in [1.82, 2.24) is 5.32 Å². The van der Waals surface area contributed by atoms with E-state index in [-0.39, 0.29) is 11.6 Å². The van der Waals surface area contributed by atoms with Crippen molar-refractivity contribution in [2.45, 2.75) is 6.42 Å². The number of methoxy groups -OCH3 is 2. The second-order valence-corrected chi connectivity index (χ2v) is 7.91. The number of nitrogens with one attached hydrogen (secondary N) is 1. The van der Waals surface area contributed by atoms with E-state index in [1.54, 1.807) is 29.2 Å². The molecule has 0 bridgehead atoms. The van der Waals surface area contributed by atoms with E-state index < -0.39 is 5.91 Å². The van der Waals surface area contributed by atoms with Crippen LogP contribution in [0.25, 0.3) is 6.08 Å². The zero-order valence-corrected chi connectivity index (χ0v) is 18.1. The van der Waals surface area contributed by atoms with Crippen molar-refractivity contribution >= 4 is 34.9 Å². The first-order chi connectivity index (χ1) is 15.1. The lowest BCUT2D eigenvalue weighted by molar-refractivity contribution is -0.115. The molecule has 31 heavy (non-hydrogen) atoms. The molecule has 6 nitrogen and oxygen atoms in total. The fourth-order valence-electron chi connectivity index (χ4n) is 3.53. The summed E-state index contributed by atoms with van der Waals surface area (Å²) in [5, 5.41) is 4.73. The number of hydrogen-bond acceptors (Lipinski definition) is 5. The van der Waals surface area contributed by atoms with Crippen LogP contribution in [0.2, 0.25) is 0 Å². The Hall–Kier alpha value is -3.58. The maximum absolute atomic E-state index is 13.4. The van der Waals surface area contributed by atoms with Gasteiger partial charge in [0, 0.05) is 22.7 Å². The number of carbonyl (C=O) groups is 2. The third-order valence-electron chi connectivity index (χ3n) is 5.09. The van der Waals surface area contributed by atoms with Crippen molar-refractivity contribution in [2.75, 3.05) is 25.7 Å². The molecule has 1 aliphatic heterocycles. The molecule has 0 atom stereocenters. The van der Waals surface area contributed by atoms with Gasteiger partial charge in [-0.05, 0) is 53.8 Å². The van der Waals surface area contributed by atoms with Crippen LogP contribution in [0.4, 0.5) is 5.69 Å². The first-order valence-electron chi connectivity index (χ1n) is 9.79. The molecule has 2 amide bonds. The van der Waals surface area contributed by atoms with Crippen LogP contribution in [0, 0.1) is 0 Å². The predicted molar refractivity (Wildman–Crippen MR) is 122 cm³/mol. The molecular weight excluding hydrogens is 412 g/mol. The van der Waals surface area contributed by atoms with Gasteiger partial charge in [-0.2, -0.15) is 0 Å². The van der Waals surface area contributed by atoms with E-state index in [1.165, 1.54) is 25.6 Å². The quantitative estimate of drug-likeness (QED) is 0.593. The third-order valence-corrected chi connectivity index (χ3v) is 5.91. The molecule has 2 heterocycles. The molecule has 0 aliphatic carbocycles.